The first-order valence-electron chi connectivity index (χ1n) is 9.42. The monoisotopic (exact) mass is 396 g/mol. The molecule has 5 rings (SSSR count). The summed E-state index contributed by atoms with van der Waals surface area (Å²) in [4.78, 5) is 16.4. The van der Waals surface area contributed by atoms with E-state index in [1.165, 1.54) is 0 Å². The van der Waals surface area contributed by atoms with E-state index in [1.807, 2.05) is 36.7 Å². The zero-order chi connectivity index (χ0) is 19.1. The molecule has 2 saturated heterocycles. The van der Waals surface area contributed by atoms with Gasteiger partial charge in [-0.05, 0) is 24.6 Å². The highest BCUT2D eigenvalue weighted by molar-refractivity contribution is 6.30. The largest absolute Gasteiger partial charge is 0.496 e. The van der Waals surface area contributed by atoms with Crippen LogP contribution < -0.4 is 9.64 Å². The van der Waals surface area contributed by atoms with E-state index in [1.54, 1.807) is 7.11 Å². The Morgan fingerprint density at radius 3 is 2.89 bits per heavy atom. The van der Waals surface area contributed by atoms with E-state index in [0.717, 1.165) is 66.6 Å². The third-order valence-electron chi connectivity index (χ3n) is 5.68. The third kappa shape index (κ3) is 3.06. The highest BCUT2D eigenvalue weighted by atomic mass is 35.5. The molecule has 28 heavy (non-hydrogen) atoms. The summed E-state index contributed by atoms with van der Waals surface area (Å²) in [5, 5.41) is 1.65. The second-order valence-corrected chi connectivity index (χ2v) is 8.09. The van der Waals surface area contributed by atoms with Crippen LogP contribution in [0.5, 0.6) is 5.75 Å². The predicted molar refractivity (Wildman–Crippen MR) is 108 cm³/mol. The Kier molecular flexibility index (Phi) is 4.33. The number of ether oxygens (including phenoxy) is 2. The zero-order valence-electron chi connectivity index (χ0n) is 15.7. The van der Waals surface area contributed by atoms with Crippen LogP contribution in [0.3, 0.4) is 0 Å². The van der Waals surface area contributed by atoms with E-state index in [0.29, 0.717) is 16.9 Å². The number of benzene rings is 1. The number of nitrogens with zero attached hydrogens (tertiary/aromatic N) is 4. The number of fused-ring (bicyclic) bond motifs is 1. The van der Waals surface area contributed by atoms with Crippen LogP contribution in [0, 0.1) is 5.41 Å². The van der Waals surface area contributed by atoms with Crippen LogP contribution in [-0.4, -0.2) is 48.4 Å². The van der Waals surface area contributed by atoms with Gasteiger partial charge in [0.2, 0.25) is 0 Å². The maximum absolute atomic E-state index is 6.08. The van der Waals surface area contributed by atoms with Crippen LogP contribution in [-0.2, 0) is 11.2 Å². The summed E-state index contributed by atoms with van der Waals surface area (Å²) in [5.41, 5.74) is 2.21. The standard InChI is InChI=1S/C21H21ClN4O2/c1-27-17-9-16(22)3-2-14(17)8-18-24-10-15-4-6-23-20(19(15)25-18)26-7-5-21(11-26)12-28-13-21/h2-4,6,9-10H,5,7-8,11-13H2,1H3. The first kappa shape index (κ1) is 17.6. The molecule has 6 nitrogen and oxygen atoms in total. The molecule has 1 spiro atoms. The lowest BCUT2D eigenvalue weighted by Crippen LogP contribution is -2.44. The number of pyridine rings is 1. The van der Waals surface area contributed by atoms with Crippen molar-refractivity contribution < 1.29 is 9.47 Å². The van der Waals surface area contributed by atoms with Crippen LogP contribution in [0.25, 0.3) is 10.9 Å². The molecule has 0 amide bonds. The van der Waals surface area contributed by atoms with Gasteiger partial charge in [-0.3, -0.25) is 0 Å². The summed E-state index contributed by atoms with van der Waals surface area (Å²) in [6.45, 7) is 3.67. The summed E-state index contributed by atoms with van der Waals surface area (Å²) in [7, 11) is 1.64. The van der Waals surface area contributed by atoms with Gasteiger partial charge in [0.05, 0.1) is 20.3 Å². The predicted octanol–water partition coefficient (Wildman–Crippen LogP) is 3.50. The quantitative estimate of drug-likeness (QED) is 0.672. The van der Waals surface area contributed by atoms with Crippen molar-refractivity contribution in [1.29, 1.82) is 0 Å². The fourth-order valence-electron chi connectivity index (χ4n) is 4.07. The van der Waals surface area contributed by atoms with Gasteiger partial charge in [-0.15, -0.1) is 0 Å². The molecule has 2 aromatic heterocycles. The molecule has 3 aromatic rings. The summed E-state index contributed by atoms with van der Waals surface area (Å²) in [5.74, 6) is 2.42. The minimum atomic E-state index is 0.302. The van der Waals surface area contributed by atoms with Gasteiger partial charge in [0, 0.05) is 53.3 Å². The molecule has 0 bridgehead atoms. The molecule has 2 aliphatic heterocycles. The number of hydrogen-bond donors (Lipinski definition) is 0. The van der Waals surface area contributed by atoms with E-state index in [2.05, 4.69) is 14.9 Å². The van der Waals surface area contributed by atoms with Gasteiger partial charge in [-0.25, -0.2) is 15.0 Å². The van der Waals surface area contributed by atoms with Gasteiger partial charge in [0.1, 0.15) is 17.1 Å². The van der Waals surface area contributed by atoms with Crippen molar-refractivity contribution in [2.24, 2.45) is 5.41 Å². The van der Waals surface area contributed by atoms with Crippen molar-refractivity contribution in [2.45, 2.75) is 12.8 Å². The average molecular weight is 397 g/mol. The smallest absolute Gasteiger partial charge is 0.155 e. The lowest BCUT2D eigenvalue weighted by Gasteiger charge is -2.37. The number of rotatable bonds is 4. The molecule has 2 fully saturated rings. The number of aromatic nitrogens is 3. The molecule has 0 atom stereocenters. The Balaban J connectivity index is 1.49. The van der Waals surface area contributed by atoms with Crippen LogP contribution in [0.4, 0.5) is 5.82 Å². The number of halogens is 1. The van der Waals surface area contributed by atoms with Crippen LogP contribution in [0.2, 0.25) is 5.02 Å². The van der Waals surface area contributed by atoms with E-state index in [-0.39, 0.29) is 0 Å². The van der Waals surface area contributed by atoms with Crippen molar-refractivity contribution in [3.05, 3.63) is 53.1 Å². The molecule has 0 radical (unpaired) electrons. The Bertz CT molecular complexity index is 1040. The normalized spacial score (nSPS) is 17.9. The second kappa shape index (κ2) is 6.87. The Labute approximate surface area is 168 Å². The van der Waals surface area contributed by atoms with E-state index < -0.39 is 0 Å². The first-order valence-corrected chi connectivity index (χ1v) is 9.79. The summed E-state index contributed by atoms with van der Waals surface area (Å²) < 4.78 is 10.9. The third-order valence-corrected chi connectivity index (χ3v) is 5.92. The molecular weight excluding hydrogens is 376 g/mol. The van der Waals surface area contributed by atoms with Gasteiger partial charge in [-0.1, -0.05) is 17.7 Å². The minimum Gasteiger partial charge on any atom is -0.496 e. The molecule has 0 unspecified atom stereocenters. The Morgan fingerprint density at radius 1 is 1.25 bits per heavy atom. The topological polar surface area (TPSA) is 60.4 Å². The molecule has 0 aliphatic carbocycles. The zero-order valence-corrected chi connectivity index (χ0v) is 16.4. The molecular formula is C21H21ClN4O2. The highest BCUT2D eigenvalue weighted by Gasteiger charge is 2.45. The van der Waals surface area contributed by atoms with Crippen LogP contribution in [0.15, 0.2) is 36.7 Å². The van der Waals surface area contributed by atoms with Crippen molar-refractivity contribution in [3.8, 4) is 5.75 Å². The molecule has 7 heteroatoms. The minimum absolute atomic E-state index is 0.302. The lowest BCUT2D eigenvalue weighted by molar-refractivity contribution is -0.0985. The molecule has 0 saturated carbocycles. The highest BCUT2D eigenvalue weighted by Crippen LogP contribution is 2.40. The average Bonchev–Trinajstić information content (AvgIpc) is 3.15. The van der Waals surface area contributed by atoms with E-state index in [4.69, 9.17) is 26.1 Å². The molecule has 144 valence electrons. The number of hydrogen-bond acceptors (Lipinski definition) is 6. The summed E-state index contributed by atoms with van der Waals surface area (Å²) in [6, 6.07) is 7.59. The molecule has 1 aromatic carbocycles. The summed E-state index contributed by atoms with van der Waals surface area (Å²) >= 11 is 6.08. The fraction of sp³-hybridized carbons (Fsp3) is 0.381. The second-order valence-electron chi connectivity index (χ2n) is 7.66. The number of anilines is 1. The van der Waals surface area contributed by atoms with Crippen molar-refractivity contribution in [3.63, 3.8) is 0 Å². The van der Waals surface area contributed by atoms with Gasteiger partial charge in [0.15, 0.2) is 5.82 Å². The van der Waals surface area contributed by atoms with Crippen molar-refractivity contribution in [1.82, 2.24) is 15.0 Å². The first-order chi connectivity index (χ1) is 13.7. The van der Waals surface area contributed by atoms with Gasteiger partial charge >= 0.3 is 0 Å². The van der Waals surface area contributed by atoms with Crippen LogP contribution >= 0.6 is 11.6 Å². The van der Waals surface area contributed by atoms with Crippen LogP contribution in [0.1, 0.15) is 17.8 Å². The maximum Gasteiger partial charge on any atom is 0.155 e. The molecule has 0 N–H and O–H groups in total. The number of methoxy groups -OCH3 is 1. The van der Waals surface area contributed by atoms with Gasteiger partial charge < -0.3 is 14.4 Å². The summed E-state index contributed by atoms with van der Waals surface area (Å²) in [6.07, 6.45) is 5.43. The maximum atomic E-state index is 6.08. The molecule has 2 aliphatic rings. The molecule has 4 heterocycles. The lowest BCUT2D eigenvalue weighted by atomic mass is 9.85. The fourth-order valence-corrected chi connectivity index (χ4v) is 4.23. The van der Waals surface area contributed by atoms with Gasteiger partial charge in [-0.2, -0.15) is 0 Å². The van der Waals surface area contributed by atoms with Crippen molar-refractivity contribution >= 4 is 28.3 Å². The van der Waals surface area contributed by atoms with E-state index in [9.17, 15) is 0 Å². The van der Waals surface area contributed by atoms with Gasteiger partial charge in [0.25, 0.3) is 0 Å². The SMILES string of the molecule is COc1cc(Cl)ccc1Cc1ncc2ccnc(N3CCC4(COC4)C3)c2n1. The van der Waals surface area contributed by atoms with Crippen molar-refractivity contribution in [2.75, 3.05) is 38.3 Å². The van der Waals surface area contributed by atoms with E-state index >= 15 is 0 Å². The Hall–Kier alpha value is -2.44. The Morgan fingerprint density at radius 2 is 2.14 bits per heavy atom.